The highest BCUT2D eigenvalue weighted by Gasteiger charge is 2.25. The Hall–Kier alpha value is -0.900. The van der Waals surface area contributed by atoms with Gasteiger partial charge in [0.05, 0.1) is 0 Å². The highest BCUT2D eigenvalue weighted by atomic mass is 16.2. The third-order valence-electron chi connectivity index (χ3n) is 3.48. The number of imide groups is 1. The van der Waals surface area contributed by atoms with E-state index < -0.39 is 0 Å². The topological polar surface area (TPSA) is 49.4 Å². The molecule has 16 heavy (non-hydrogen) atoms. The number of carbonyl (C=O) groups excluding carboxylic acids is 2. The Morgan fingerprint density at radius 1 is 1.19 bits per heavy atom. The average molecular weight is 224 g/mol. The summed E-state index contributed by atoms with van der Waals surface area (Å²) in [6.07, 6.45) is 6.35. The van der Waals surface area contributed by atoms with Gasteiger partial charge in [-0.15, -0.1) is 0 Å². The number of nitrogens with zero attached hydrogens (tertiary/aromatic N) is 1. The van der Waals surface area contributed by atoms with E-state index in [0.717, 1.165) is 25.8 Å². The van der Waals surface area contributed by atoms with Crippen LogP contribution in [-0.4, -0.2) is 35.8 Å². The van der Waals surface area contributed by atoms with Gasteiger partial charge in [0, 0.05) is 25.4 Å². The van der Waals surface area contributed by atoms with E-state index in [2.05, 4.69) is 5.32 Å². The first-order chi connectivity index (χ1) is 7.77. The molecule has 2 rings (SSSR count). The highest BCUT2D eigenvalue weighted by Crippen LogP contribution is 2.15. The molecule has 0 aromatic carbocycles. The maximum atomic E-state index is 11.5. The second kappa shape index (κ2) is 5.43. The van der Waals surface area contributed by atoms with Crippen LogP contribution in [0.15, 0.2) is 0 Å². The maximum absolute atomic E-state index is 11.5. The molecular formula is C12H20N2O2. The molecule has 0 aromatic heterocycles. The fraction of sp³-hybridized carbons (Fsp3) is 0.833. The fourth-order valence-corrected chi connectivity index (χ4v) is 2.55. The van der Waals surface area contributed by atoms with Gasteiger partial charge in [0.2, 0.25) is 11.8 Å². The van der Waals surface area contributed by atoms with Gasteiger partial charge in [0.15, 0.2) is 0 Å². The van der Waals surface area contributed by atoms with Crippen molar-refractivity contribution >= 4 is 11.8 Å². The SMILES string of the molecule is O=C1CCCC(=O)N1CCCC1CCCN1. The first-order valence-electron chi connectivity index (χ1n) is 6.34. The minimum Gasteiger partial charge on any atom is -0.314 e. The first-order valence-corrected chi connectivity index (χ1v) is 6.34. The van der Waals surface area contributed by atoms with Crippen molar-refractivity contribution in [3.05, 3.63) is 0 Å². The largest absolute Gasteiger partial charge is 0.314 e. The number of nitrogens with one attached hydrogen (secondary N) is 1. The van der Waals surface area contributed by atoms with Crippen LogP contribution in [-0.2, 0) is 9.59 Å². The van der Waals surface area contributed by atoms with Crippen molar-refractivity contribution < 1.29 is 9.59 Å². The molecule has 1 atom stereocenters. The molecule has 0 radical (unpaired) electrons. The van der Waals surface area contributed by atoms with Crippen LogP contribution in [0.4, 0.5) is 0 Å². The van der Waals surface area contributed by atoms with Crippen molar-refractivity contribution in [2.24, 2.45) is 0 Å². The molecule has 2 aliphatic rings. The van der Waals surface area contributed by atoms with Crippen molar-refractivity contribution in [3.8, 4) is 0 Å². The summed E-state index contributed by atoms with van der Waals surface area (Å²) < 4.78 is 0. The van der Waals surface area contributed by atoms with Gasteiger partial charge >= 0.3 is 0 Å². The van der Waals surface area contributed by atoms with Crippen LogP contribution in [0.1, 0.15) is 44.9 Å². The quantitative estimate of drug-likeness (QED) is 0.726. The molecule has 90 valence electrons. The van der Waals surface area contributed by atoms with E-state index in [0.29, 0.717) is 25.4 Å². The molecular weight excluding hydrogens is 204 g/mol. The molecule has 0 aliphatic carbocycles. The minimum absolute atomic E-state index is 0.0237. The molecule has 2 aliphatic heterocycles. The molecule has 1 unspecified atom stereocenters. The molecule has 2 saturated heterocycles. The van der Waals surface area contributed by atoms with Crippen LogP contribution in [0.2, 0.25) is 0 Å². The van der Waals surface area contributed by atoms with Crippen LogP contribution < -0.4 is 5.32 Å². The van der Waals surface area contributed by atoms with Gasteiger partial charge in [-0.05, 0) is 38.6 Å². The van der Waals surface area contributed by atoms with Crippen LogP contribution in [0.5, 0.6) is 0 Å². The summed E-state index contributed by atoms with van der Waals surface area (Å²) in [6.45, 7) is 1.74. The predicted octanol–water partition coefficient (Wildman–Crippen LogP) is 1.06. The second-order valence-electron chi connectivity index (χ2n) is 4.73. The van der Waals surface area contributed by atoms with E-state index in [9.17, 15) is 9.59 Å². The van der Waals surface area contributed by atoms with Gasteiger partial charge in [0.25, 0.3) is 0 Å². The normalized spacial score (nSPS) is 26.5. The van der Waals surface area contributed by atoms with Crippen molar-refractivity contribution in [3.63, 3.8) is 0 Å². The van der Waals surface area contributed by atoms with Crippen LogP contribution >= 0.6 is 0 Å². The Kier molecular flexibility index (Phi) is 3.93. The summed E-state index contributed by atoms with van der Waals surface area (Å²) in [4.78, 5) is 24.5. The molecule has 4 nitrogen and oxygen atoms in total. The number of hydrogen-bond acceptors (Lipinski definition) is 3. The summed E-state index contributed by atoms with van der Waals surface area (Å²) in [5.41, 5.74) is 0. The lowest BCUT2D eigenvalue weighted by molar-refractivity contribution is -0.148. The monoisotopic (exact) mass is 224 g/mol. The van der Waals surface area contributed by atoms with Gasteiger partial charge in [-0.25, -0.2) is 0 Å². The molecule has 0 bridgehead atoms. The molecule has 0 saturated carbocycles. The summed E-state index contributed by atoms with van der Waals surface area (Å²) >= 11 is 0. The van der Waals surface area contributed by atoms with Gasteiger partial charge in [-0.1, -0.05) is 0 Å². The van der Waals surface area contributed by atoms with Crippen molar-refractivity contribution in [2.45, 2.75) is 51.0 Å². The van der Waals surface area contributed by atoms with E-state index in [4.69, 9.17) is 0 Å². The zero-order valence-electron chi connectivity index (χ0n) is 9.71. The Morgan fingerprint density at radius 2 is 1.94 bits per heavy atom. The fourth-order valence-electron chi connectivity index (χ4n) is 2.55. The Bertz CT molecular complexity index is 256. The van der Waals surface area contributed by atoms with E-state index in [-0.39, 0.29) is 11.8 Å². The van der Waals surface area contributed by atoms with Gasteiger partial charge in [-0.3, -0.25) is 14.5 Å². The molecule has 4 heteroatoms. The number of amides is 2. The van der Waals surface area contributed by atoms with Crippen LogP contribution in [0.3, 0.4) is 0 Å². The van der Waals surface area contributed by atoms with Gasteiger partial charge < -0.3 is 5.32 Å². The predicted molar refractivity (Wildman–Crippen MR) is 60.8 cm³/mol. The number of likely N-dealkylation sites (tertiary alicyclic amines) is 1. The standard InChI is InChI=1S/C12H20N2O2/c15-11-6-1-7-12(16)14(11)9-3-5-10-4-2-8-13-10/h10,13H,1-9H2. The lowest BCUT2D eigenvalue weighted by Crippen LogP contribution is -2.41. The third-order valence-corrected chi connectivity index (χ3v) is 3.48. The molecule has 2 amide bonds. The summed E-state index contributed by atoms with van der Waals surface area (Å²) in [5.74, 6) is 0.0475. The zero-order valence-corrected chi connectivity index (χ0v) is 9.71. The Labute approximate surface area is 96.4 Å². The van der Waals surface area contributed by atoms with E-state index in [1.165, 1.54) is 17.7 Å². The van der Waals surface area contributed by atoms with Gasteiger partial charge in [0.1, 0.15) is 0 Å². The number of rotatable bonds is 4. The highest BCUT2D eigenvalue weighted by molar-refractivity contribution is 5.97. The molecule has 2 heterocycles. The summed E-state index contributed by atoms with van der Waals surface area (Å²) in [5, 5.41) is 3.43. The lowest BCUT2D eigenvalue weighted by Gasteiger charge is -2.25. The third kappa shape index (κ3) is 2.82. The van der Waals surface area contributed by atoms with Crippen molar-refractivity contribution in [1.29, 1.82) is 0 Å². The lowest BCUT2D eigenvalue weighted by atomic mass is 10.1. The number of hydrogen-bond donors (Lipinski definition) is 1. The zero-order chi connectivity index (χ0) is 11.4. The number of carbonyl (C=O) groups is 2. The molecule has 0 aromatic rings. The van der Waals surface area contributed by atoms with E-state index in [1.54, 1.807) is 0 Å². The average Bonchev–Trinajstić information content (AvgIpc) is 2.75. The van der Waals surface area contributed by atoms with Gasteiger partial charge in [-0.2, -0.15) is 0 Å². The summed E-state index contributed by atoms with van der Waals surface area (Å²) in [6, 6.07) is 0.606. The Morgan fingerprint density at radius 3 is 2.56 bits per heavy atom. The maximum Gasteiger partial charge on any atom is 0.229 e. The van der Waals surface area contributed by atoms with E-state index in [1.807, 2.05) is 0 Å². The Balaban J connectivity index is 1.71. The first kappa shape index (κ1) is 11.6. The smallest absolute Gasteiger partial charge is 0.229 e. The molecule has 0 spiro atoms. The molecule has 2 fully saturated rings. The van der Waals surface area contributed by atoms with Crippen molar-refractivity contribution in [1.82, 2.24) is 10.2 Å². The minimum atomic E-state index is 0.0237. The van der Waals surface area contributed by atoms with Crippen LogP contribution in [0, 0.1) is 0 Å². The van der Waals surface area contributed by atoms with E-state index >= 15 is 0 Å². The summed E-state index contributed by atoms with van der Waals surface area (Å²) in [7, 11) is 0. The van der Waals surface area contributed by atoms with Crippen molar-refractivity contribution in [2.75, 3.05) is 13.1 Å². The number of piperidine rings is 1. The molecule has 1 N–H and O–H groups in total. The van der Waals surface area contributed by atoms with Crippen LogP contribution in [0.25, 0.3) is 0 Å². The second-order valence-corrected chi connectivity index (χ2v) is 4.73.